The van der Waals surface area contributed by atoms with Gasteiger partial charge in [0.25, 0.3) is 0 Å². The number of hydrogen-bond acceptors (Lipinski definition) is 3. The van der Waals surface area contributed by atoms with E-state index >= 15 is 0 Å². The van der Waals surface area contributed by atoms with Gasteiger partial charge in [0.05, 0.1) is 0 Å². The van der Waals surface area contributed by atoms with Crippen LogP contribution in [0, 0.1) is 0 Å². The van der Waals surface area contributed by atoms with Crippen LogP contribution in [0.2, 0.25) is 0 Å². The first-order chi connectivity index (χ1) is 5.81. The second kappa shape index (κ2) is 3.40. The zero-order valence-electron chi connectivity index (χ0n) is 6.82. The Labute approximate surface area is 80.8 Å². The maximum absolute atomic E-state index is 10.2. The molecule has 1 saturated heterocycles. The molecule has 2 heterocycles. The fraction of sp³-hybridized carbons (Fsp3) is 0.556. The lowest BCUT2D eigenvalue weighted by Gasteiger charge is -2.30. The highest BCUT2D eigenvalue weighted by Crippen LogP contribution is 2.37. The maximum atomic E-state index is 10.2. The monoisotopic (exact) mass is 200 g/mol. The van der Waals surface area contributed by atoms with E-state index in [2.05, 4.69) is 0 Å². The molecule has 0 saturated carbocycles. The molecule has 0 aliphatic carbocycles. The van der Waals surface area contributed by atoms with Gasteiger partial charge in [0.15, 0.2) is 0 Å². The highest BCUT2D eigenvalue weighted by molar-refractivity contribution is 7.99. The Morgan fingerprint density at radius 3 is 2.67 bits per heavy atom. The third-order valence-corrected chi connectivity index (χ3v) is 4.35. The molecular formula is C9H12OS2. The smallest absolute Gasteiger partial charge is 0.100 e. The number of rotatable bonds is 1. The van der Waals surface area contributed by atoms with Crippen molar-refractivity contribution in [3.63, 3.8) is 0 Å². The predicted octanol–water partition coefficient (Wildman–Crippen LogP) is 2.46. The van der Waals surface area contributed by atoms with Crippen molar-refractivity contribution in [3.8, 4) is 0 Å². The lowest BCUT2D eigenvalue weighted by molar-refractivity contribution is 0.0318. The molecule has 0 unspecified atom stereocenters. The number of thiophene rings is 1. The molecule has 3 heteroatoms. The molecular weight excluding hydrogens is 188 g/mol. The summed E-state index contributed by atoms with van der Waals surface area (Å²) in [5.41, 5.74) is -0.501. The lowest BCUT2D eigenvalue weighted by atomic mass is 9.95. The normalized spacial score (nSPS) is 22.4. The van der Waals surface area contributed by atoms with Crippen molar-refractivity contribution < 1.29 is 5.11 Å². The highest BCUT2D eigenvalue weighted by Gasteiger charge is 2.31. The van der Waals surface area contributed by atoms with Gasteiger partial charge in [-0.3, -0.25) is 0 Å². The van der Waals surface area contributed by atoms with Crippen LogP contribution in [0.5, 0.6) is 0 Å². The van der Waals surface area contributed by atoms with E-state index in [0.29, 0.717) is 0 Å². The zero-order chi connectivity index (χ0) is 8.44. The molecule has 1 aliphatic rings. The molecule has 66 valence electrons. The number of aliphatic hydroxyl groups is 1. The van der Waals surface area contributed by atoms with Crippen LogP contribution in [0.1, 0.15) is 17.7 Å². The summed E-state index contributed by atoms with van der Waals surface area (Å²) < 4.78 is 0. The Bertz CT molecular complexity index is 237. The molecule has 1 nitrogen and oxygen atoms in total. The van der Waals surface area contributed by atoms with E-state index in [-0.39, 0.29) is 0 Å². The van der Waals surface area contributed by atoms with Crippen LogP contribution in [0.25, 0.3) is 0 Å². The molecule has 2 rings (SSSR count). The molecule has 1 aromatic rings. The minimum absolute atomic E-state index is 0.501. The first kappa shape index (κ1) is 8.60. The van der Waals surface area contributed by atoms with Crippen molar-refractivity contribution in [2.24, 2.45) is 0 Å². The maximum Gasteiger partial charge on any atom is 0.100 e. The molecule has 1 N–H and O–H groups in total. The Morgan fingerprint density at radius 2 is 2.08 bits per heavy atom. The minimum Gasteiger partial charge on any atom is -0.384 e. The van der Waals surface area contributed by atoms with Gasteiger partial charge in [-0.05, 0) is 35.8 Å². The van der Waals surface area contributed by atoms with Crippen molar-refractivity contribution in [3.05, 3.63) is 22.4 Å². The van der Waals surface area contributed by atoms with Crippen molar-refractivity contribution in [2.45, 2.75) is 18.4 Å². The summed E-state index contributed by atoms with van der Waals surface area (Å²) in [6.45, 7) is 0. The Hall–Kier alpha value is 0.01000. The lowest BCUT2D eigenvalue weighted by Crippen LogP contribution is -2.29. The third kappa shape index (κ3) is 1.53. The second-order valence-corrected chi connectivity index (χ2v) is 5.29. The van der Waals surface area contributed by atoms with E-state index in [9.17, 15) is 5.11 Å². The van der Waals surface area contributed by atoms with Crippen LogP contribution < -0.4 is 0 Å². The Morgan fingerprint density at radius 1 is 1.33 bits per heavy atom. The van der Waals surface area contributed by atoms with Gasteiger partial charge in [0.1, 0.15) is 5.60 Å². The van der Waals surface area contributed by atoms with Crippen molar-refractivity contribution in [1.29, 1.82) is 0 Å². The summed E-state index contributed by atoms with van der Waals surface area (Å²) in [4.78, 5) is 1.14. The Balaban J connectivity index is 2.19. The fourth-order valence-corrected chi connectivity index (χ4v) is 3.55. The quantitative estimate of drug-likeness (QED) is 0.751. The highest BCUT2D eigenvalue weighted by atomic mass is 32.2. The average molecular weight is 200 g/mol. The molecule has 12 heavy (non-hydrogen) atoms. The molecule has 1 fully saturated rings. The van der Waals surface area contributed by atoms with Crippen LogP contribution in [0.15, 0.2) is 17.5 Å². The molecule has 0 spiro atoms. The molecule has 0 aromatic carbocycles. The van der Waals surface area contributed by atoms with Crippen LogP contribution in [-0.4, -0.2) is 16.6 Å². The summed E-state index contributed by atoms with van der Waals surface area (Å²) in [6, 6.07) is 4.06. The van der Waals surface area contributed by atoms with Gasteiger partial charge < -0.3 is 5.11 Å². The standard InChI is InChI=1S/C9H12OS2/c10-9(3-6-11-7-4-9)8-2-1-5-12-8/h1-2,5,10H,3-4,6-7H2. The van der Waals surface area contributed by atoms with Crippen molar-refractivity contribution >= 4 is 23.1 Å². The SMILES string of the molecule is OC1(c2cccs2)CCSCC1. The van der Waals surface area contributed by atoms with Crippen molar-refractivity contribution in [1.82, 2.24) is 0 Å². The van der Waals surface area contributed by atoms with E-state index < -0.39 is 5.60 Å². The molecule has 0 bridgehead atoms. The number of thioether (sulfide) groups is 1. The van der Waals surface area contributed by atoms with Crippen LogP contribution in [0.4, 0.5) is 0 Å². The van der Waals surface area contributed by atoms with Gasteiger partial charge in [0, 0.05) is 4.88 Å². The first-order valence-electron chi connectivity index (χ1n) is 4.15. The molecule has 0 radical (unpaired) electrons. The summed E-state index contributed by atoms with van der Waals surface area (Å²) in [7, 11) is 0. The second-order valence-electron chi connectivity index (χ2n) is 3.12. The van der Waals surface area contributed by atoms with Gasteiger partial charge >= 0.3 is 0 Å². The largest absolute Gasteiger partial charge is 0.384 e. The van der Waals surface area contributed by atoms with Crippen LogP contribution in [-0.2, 0) is 5.60 Å². The van der Waals surface area contributed by atoms with Crippen molar-refractivity contribution in [2.75, 3.05) is 11.5 Å². The summed E-state index contributed by atoms with van der Waals surface area (Å²) in [6.07, 6.45) is 1.83. The Kier molecular flexibility index (Phi) is 2.44. The predicted molar refractivity (Wildman–Crippen MR) is 54.8 cm³/mol. The van der Waals surface area contributed by atoms with Gasteiger partial charge in [-0.2, -0.15) is 11.8 Å². The van der Waals surface area contributed by atoms with Gasteiger partial charge in [-0.15, -0.1) is 11.3 Å². The fourth-order valence-electron chi connectivity index (χ4n) is 1.50. The van der Waals surface area contributed by atoms with E-state index in [0.717, 1.165) is 29.2 Å². The van der Waals surface area contributed by atoms with Crippen LogP contribution in [0.3, 0.4) is 0 Å². The molecule has 1 aromatic heterocycles. The topological polar surface area (TPSA) is 20.2 Å². The third-order valence-electron chi connectivity index (χ3n) is 2.30. The van der Waals surface area contributed by atoms with Crippen LogP contribution >= 0.6 is 23.1 Å². The van der Waals surface area contributed by atoms with Gasteiger partial charge in [-0.25, -0.2) is 0 Å². The van der Waals surface area contributed by atoms with E-state index in [1.54, 1.807) is 11.3 Å². The molecule has 0 atom stereocenters. The van der Waals surface area contributed by atoms with Gasteiger partial charge in [0.2, 0.25) is 0 Å². The van der Waals surface area contributed by atoms with E-state index in [1.807, 2.05) is 29.3 Å². The van der Waals surface area contributed by atoms with E-state index in [4.69, 9.17) is 0 Å². The van der Waals surface area contributed by atoms with E-state index in [1.165, 1.54) is 0 Å². The zero-order valence-corrected chi connectivity index (χ0v) is 8.46. The minimum atomic E-state index is -0.501. The first-order valence-corrected chi connectivity index (χ1v) is 6.19. The summed E-state index contributed by atoms with van der Waals surface area (Å²) in [5.74, 6) is 2.18. The number of hydrogen-bond donors (Lipinski definition) is 1. The average Bonchev–Trinajstić information content (AvgIpc) is 2.58. The summed E-state index contributed by atoms with van der Waals surface area (Å²) in [5, 5.41) is 12.3. The molecule has 1 aliphatic heterocycles. The van der Waals surface area contributed by atoms with Gasteiger partial charge in [-0.1, -0.05) is 6.07 Å². The molecule has 0 amide bonds. The summed E-state index contributed by atoms with van der Waals surface area (Å²) >= 11 is 3.61.